The number of hydrogen-bond donors (Lipinski definition) is 1. The summed E-state index contributed by atoms with van der Waals surface area (Å²) in [6.45, 7) is 2.33. The van der Waals surface area contributed by atoms with Crippen molar-refractivity contribution < 1.29 is 0 Å². The quantitative estimate of drug-likeness (QED) is 0.520. The summed E-state index contributed by atoms with van der Waals surface area (Å²) in [4.78, 5) is 0. The van der Waals surface area contributed by atoms with E-state index in [1.165, 1.54) is 32.1 Å². The van der Waals surface area contributed by atoms with Gasteiger partial charge in [-0.15, -0.1) is 0 Å². The average Bonchev–Trinajstić information content (AvgIpc) is 2.51. The Morgan fingerprint density at radius 2 is 1.67 bits per heavy atom. The average molecular weight is 307 g/mol. The second-order valence-corrected chi connectivity index (χ2v) is 6.42. The van der Waals surface area contributed by atoms with Crippen LogP contribution in [0.2, 0.25) is 15.1 Å². The lowest BCUT2D eigenvalue weighted by Crippen LogP contribution is -2.18. The van der Waals surface area contributed by atoms with Crippen molar-refractivity contribution in [1.29, 1.82) is 0 Å². The first kappa shape index (κ1) is 14.3. The van der Waals surface area contributed by atoms with Gasteiger partial charge in [-0.05, 0) is 37.3 Å². The molecule has 1 aliphatic rings. The number of benzene rings is 1. The molecular formula is C14H18Cl3N. The molecular weight excluding hydrogens is 289 g/mol. The molecule has 1 N–H and O–H groups in total. The fourth-order valence-electron chi connectivity index (χ4n) is 2.48. The Labute approximate surface area is 124 Å². The van der Waals surface area contributed by atoms with Gasteiger partial charge in [0, 0.05) is 6.04 Å². The molecule has 1 nitrogen and oxygen atoms in total. The minimum Gasteiger partial charge on any atom is -0.381 e. The zero-order chi connectivity index (χ0) is 13.1. The van der Waals surface area contributed by atoms with E-state index in [0.717, 1.165) is 11.6 Å². The molecule has 1 fully saturated rings. The van der Waals surface area contributed by atoms with Crippen LogP contribution < -0.4 is 5.32 Å². The number of nitrogens with one attached hydrogen (secondary N) is 1. The van der Waals surface area contributed by atoms with E-state index in [4.69, 9.17) is 34.8 Å². The zero-order valence-corrected chi connectivity index (χ0v) is 12.7. The van der Waals surface area contributed by atoms with Gasteiger partial charge in [-0.25, -0.2) is 0 Å². The fourth-order valence-corrected chi connectivity index (χ4v) is 3.09. The summed E-state index contributed by atoms with van der Waals surface area (Å²) in [7, 11) is 0. The van der Waals surface area contributed by atoms with Crippen molar-refractivity contribution in [3.8, 4) is 0 Å². The minimum absolute atomic E-state index is 0.490. The Morgan fingerprint density at radius 1 is 0.944 bits per heavy atom. The van der Waals surface area contributed by atoms with E-state index in [-0.39, 0.29) is 0 Å². The molecule has 0 radical (unpaired) electrons. The van der Waals surface area contributed by atoms with Crippen LogP contribution >= 0.6 is 34.8 Å². The van der Waals surface area contributed by atoms with Gasteiger partial charge in [0.25, 0.3) is 0 Å². The predicted molar refractivity (Wildman–Crippen MR) is 81.1 cm³/mol. The van der Waals surface area contributed by atoms with Crippen molar-refractivity contribution in [2.24, 2.45) is 5.92 Å². The topological polar surface area (TPSA) is 12.0 Å². The molecule has 100 valence electrons. The summed E-state index contributed by atoms with van der Waals surface area (Å²) in [6.07, 6.45) is 6.26. The molecule has 0 spiro atoms. The van der Waals surface area contributed by atoms with Crippen LogP contribution in [0.4, 0.5) is 5.69 Å². The lowest BCUT2D eigenvalue weighted by molar-refractivity contribution is 0.502. The van der Waals surface area contributed by atoms with E-state index in [0.29, 0.717) is 21.1 Å². The Kier molecular flexibility index (Phi) is 5.06. The van der Waals surface area contributed by atoms with Gasteiger partial charge < -0.3 is 5.32 Å². The molecule has 1 aromatic rings. The van der Waals surface area contributed by atoms with Crippen LogP contribution in [0.25, 0.3) is 0 Å². The molecule has 18 heavy (non-hydrogen) atoms. The maximum Gasteiger partial charge on any atom is 0.0653 e. The lowest BCUT2D eigenvalue weighted by Gasteiger charge is -2.19. The van der Waals surface area contributed by atoms with Crippen molar-refractivity contribution in [1.82, 2.24) is 0 Å². The van der Waals surface area contributed by atoms with Crippen molar-refractivity contribution >= 4 is 40.5 Å². The van der Waals surface area contributed by atoms with Crippen molar-refractivity contribution in [3.05, 3.63) is 27.2 Å². The van der Waals surface area contributed by atoms with E-state index < -0.39 is 0 Å². The van der Waals surface area contributed by atoms with Crippen molar-refractivity contribution in [3.63, 3.8) is 0 Å². The van der Waals surface area contributed by atoms with Crippen LogP contribution in [0.5, 0.6) is 0 Å². The van der Waals surface area contributed by atoms with Crippen LogP contribution in [0, 0.1) is 5.92 Å². The smallest absolute Gasteiger partial charge is 0.0653 e. The predicted octanol–water partition coefficient (Wildman–Crippen LogP) is 6.03. The number of anilines is 1. The highest BCUT2D eigenvalue weighted by Gasteiger charge is 2.17. The van der Waals surface area contributed by atoms with Gasteiger partial charge in [-0.2, -0.15) is 0 Å². The van der Waals surface area contributed by atoms with Gasteiger partial charge in [0.2, 0.25) is 0 Å². The fraction of sp³-hybridized carbons (Fsp3) is 0.571. The second-order valence-electron chi connectivity index (χ2n) is 5.20. The van der Waals surface area contributed by atoms with Crippen molar-refractivity contribution in [2.45, 2.75) is 45.1 Å². The minimum atomic E-state index is 0.490. The highest BCUT2D eigenvalue weighted by molar-refractivity contribution is 6.44. The third-order valence-electron chi connectivity index (χ3n) is 3.63. The highest BCUT2D eigenvalue weighted by atomic mass is 35.5. The Balaban J connectivity index is 2.06. The molecule has 0 heterocycles. The second kappa shape index (κ2) is 6.36. The van der Waals surface area contributed by atoms with Gasteiger partial charge in [0.05, 0.1) is 20.8 Å². The standard InChI is InChI=1S/C14H18Cl3N/c1-9-3-2-4-10(6-5-9)18-14-8-12(16)11(15)7-13(14)17/h7-10,18H,2-6H2,1H3. The molecule has 2 rings (SSSR count). The summed E-state index contributed by atoms with van der Waals surface area (Å²) in [5, 5.41) is 5.19. The van der Waals surface area contributed by atoms with E-state index in [1.807, 2.05) is 6.07 Å². The largest absolute Gasteiger partial charge is 0.381 e. The summed E-state index contributed by atoms with van der Waals surface area (Å²) in [5.74, 6) is 0.834. The van der Waals surface area contributed by atoms with Gasteiger partial charge in [0.15, 0.2) is 0 Å². The van der Waals surface area contributed by atoms with Gasteiger partial charge in [-0.3, -0.25) is 0 Å². The molecule has 0 aliphatic heterocycles. The van der Waals surface area contributed by atoms with Gasteiger partial charge in [-0.1, -0.05) is 54.6 Å². The number of rotatable bonds is 2. The van der Waals surface area contributed by atoms with Crippen LogP contribution in [0.15, 0.2) is 12.1 Å². The molecule has 0 aromatic heterocycles. The van der Waals surface area contributed by atoms with E-state index in [1.54, 1.807) is 6.07 Å². The third kappa shape index (κ3) is 3.69. The molecule has 1 aromatic carbocycles. The van der Waals surface area contributed by atoms with Gasteiger partial charge >= 0.3 is 0 Å². The number of halogens is 3. The first-order valence-electron chi connectivity index (χ1n) is 6.47. The third-order valence-corrected chi connectivity index (χ3v) is 4.66. The summed E-state index contributed by atoms with van der Waals surface area (Å²) in [5.41, 5.74) is 0.894. The Bertz CT molecular complexity index is 420. The van der Waals surface area contributed by atoms with Crippen molar-refractivity contribution in [2.75, 3.05) is 5.32 Å². The highest BCUT2D eigenvalue weighted by Crippen LogP contribution is 2.34. The van der Waals surface area contributed by atoms with E-state index in [2.05, 4.69) is 12.2 Å². The van der Waals surface area contributed by atoms with E-state index in [9.17, 15) is 0 Å². The Morgan fingerprint density at radius 3 is 2.44 bits per heavy atom. The first-order chi connectivity index (χ1) is 8.56. The van der Waals surface area contributed by atoms with E-state index >= 15 is 0 Å². The molecule has 1 saturated carbocycles. The lowest BCUT2D eigenvalue weighted by atomic mass is 10.0. The normalized spacial score (nSPS) is 24.7. The molecule has 0 saturated heterocycles. The number of hydrogen-bond acceptors (Lipinski definition) is 1. The van der Waals surface area contributed by atoms with Crippen LogP contribution in [0.1, 0.15) is 39.0 Å². The molecule has 1 aliphatic carbocycles. The summed E-state index contributed by atoms with van der Waals surface area (Å²) < 4.78 is 0. The SMILES string of the molecule is CC1CCCC(Nc2cc(Cl)c(Cl)cc2Cl)CC1. The summed E-state index contributed by atoms with van der Waals surface area (Å²) >= 11 is 18.1. The van der Waals surface area contributed by atoms with Crippen LogP contribution in [-0.4, -0.2) is 6.04 Å². The monoisotopic (exact) mass is 305 g/mol. The Hall–Kier alpha value is -0.110. The first-order valence-corrected chi connectivity index (χ1v) is 7.60. The molecule has 4 heteroatoms. The zero-order valence-electron chi connectivity index (χ0n) is 10.5. The van der Waals surface area contributed by atoms with Gasteiger partial charge in [0.1, 0.15) is 0 Å². The van der Waals surface area contributed by atoms with Crippen LogP contribution in [0.3, 0.4) is 0 Å². The van der Waals surface area contributed by atoms with Crippen LogP contribution in [-0.2, 0) is 0 Å². The molecule has 0 bridgehead atoms. The maximum absolute atomic E-state index is 6.18. The summed E-state index contributed by atoms with van der Waals surface area (Å²) in [6, 6.07) is 4.01. The molecule has 0 amide bonds. The molecule has 2 unspecified atom stereocenters. The molecule has 2 atom stereocenters. The maximum atomic E-state index is 6.18.